The van der Waals surface area contributed by atoms with E-state index in [0.717, 1.165) is 32.4 Å². The Morgan fingerprint density at radius 2 is 1.93 bits per heavy atom. The van der Waals surface area contributed by atoms with Crippen LogP contribution in [-0.4, -0.2) is 45.9 Å². The molecule has 1 aromatic heterocycles. The lowest BCUT2D eigenvalue weighted by Crippen LogP contribution is -2.56. The molecule has 27 heavy (non-hydrogen) atoms. The van der Waals surface area contributed by atoms with Crippen LogP contribution < -0.4 is 0 Å². The van der Waals surface area contributed by atoms with Crippen LogP contribution in [0.4, 0.5) is 0 Å². The molecule has 6 rings (SSSR count). The van der Waals surface area contributed by atoms with Crippen molar-refractivity contribution in [2.24, 2.45) is 11.8 Å². The van der Waals surface area contributed by atoms with E-state index in [4.69, 9.17) is 4.74 Å². The van der Waals surface area contributed by atoms with E-state index >= 15 is 0 Å². The van der Waals surface area contributed by atoms with Crippen molar-refractivity contribution in [3.63, 3.8) is 0 Å². The van der Waals surface area contributed by atoms with Crippen LogP contribution >= 0.6 is 0 Å². The van der Waals surface area contributed by atoms with Gasteiger partial charge in [-0.25, -0.2) is 0 Å². The molecule has 0 N–H and O–H groups in total. The third-order valence-electron chi connectivity index (χ3n) is 7.78. The van der Waals surface area contributed by atoms with E-state index in [2.05, 4.69) is 34.6 Å². The minimum absolute atomic E-state index is 0.0435. The molecule has 4 saturated carbocycles. The topological polar surface area (TPSA) is 47.4 Å². The first-order valence-electron chi connectivity index (χ1n) is 11.1. The highest BCUT2D eigenvalue weighted by molar-refractivity contribution is 5.83. The summed E-state index contributed by atoms with van der Waals surface area (Å²) in [6.45, 7) is 6.11. The van der Waals surface area contributed by atoms with Crippen molar-refractivity contribution in [2.45, 2.75) is 88.9 Å². The van der Waals surface area contributed by atoms with Crippen molar-refractivity contribution < 1.29 is 9.53 Å². The number of carbonyl (C=O) groups is 1. The Labute approximate surface area is 162 Å². The van der Waals surface area contributed by atoms with E-state index in [1.54, 1.807) is 0 Å². The number of hydrogen-bond donors (Lipinski definition) is 0. The third kappa shape index (κ3) is 2.76. The van der Waals surface area contributed by atoms with Crippen molar-refractivity contribution in [2.75, 3.05) is 13.1 Å². The summed E-state index contributed by atoms with van der Waals surface area (Å²) in [5.74, 6) is 1.16. The van der Waals surface area contributed by atoms with Crippen LogP contribution in [0.5, 0.6) is 0 Å². The molecule has 3 atom stereocenters. The Balaban J connectivity index is 1.27. The van der Waals surface area contributed by atoms with Crippen molar-refractivity contribution >= 4 is 5.91 Å². The van der Waals surface area contributed by atoms with E-state index in [9.17, 15) is 4.79 Å². The average Bonchev–Trinajstić information content (AvgIpc) is 3.32. The van der Waals surface area contributed by atoms with Crippen molar-refractivity contribution in [1.82, 2.24) is 14.7 Å². The zero-order chi connectivity index (χ0) is 18.6. The number of carbonyl (C=O) groups excluding carboxylic acids is 1. The van der Waals surface area contributed by atoms with Gasteiger partial charge in [0, 0.05) is 36.4 Å². The summed E-state index contributed by atoms with van der Waals surface area (Å²) >= 11 is 0. The number of hydrogen-bond acceptors (Lipinski definition) is 3. The lowest BCUT2D eigenvalue weighted by molar-refractivity contribution is -0.148. The Morgan fingerprint density at radius 3 is 2.56 bits per heavy atom. The first-order valence-corrected chi connectivity index (χ1v) is 11.1. The highest BCUT2D eigenvalue weighted by atomic mass is 16.5. The molecule has 2 heterocycles. The Morgan fingerprint density at radius 1 is 1.19 bits per heavy atom. The van der Waals surface area contributed by atoms with Gasteiger partial charge in [0.2, 0.25) is 5.91 Å². The molecule has 1 aliphatic heterocycles. The summed E-state index contributed by atoms with van der Waals surface area (Å²) in [5.41, 5.74) is 1.34. The molecule has 5 fully saturated rings. The predicted octanol–water partition coefficient (Wildman–Crippen LogP) is 3.69. The number of fused-ring (bicyclic) bond motifs is 1. The van der Waals surface area contributed by atoms with Gasteiger partial charge in [0.25, 0.3) is 0 Å². The van der Waals surface area contributed by atoms with Crippen LogP contribution in [0.25, 0.3) is 0 Å². The maximum atomic E-state index is 13.5. The molecule has 148 valence electrons. The normalized spacial score (nSPS) is 34.0. The molecule has 1 aromatic rings. The van der Waals surface area contributed by atoms with Gasteiger partial charge >= 0.3 is 0 Å². The molecule has 5 aliphatic rings. The molecular weight excluding hydrogens is 338 g/mol. The molecule has 4 aliphatic carbocycles. The van der Waals surface area contributed by atoms with E-state index < -0.39 is 0 Å². The summed E-state index contributed by atoms with van der Waals surface area (Å²) in [7, 11) is 0. The fourth-order valence-corrected chi connectivity index (χ4v) is 6.11. The SMILES string of the molecule is CC(C)n1nccc1C12CCC(C1)C2C(=O)N1CCC(OC2CCC2)CC1. The Bertz CT molecular complexity index is 698. The molecule has 5 heteroatoms. The van der Waals surface area contributed by atoms with Gasteiger partial charge in [-0.2, -0.15) is 5.10 Å². The number of amides is 1. The summed E-state index contributed by atoms with van der Waals surface area (Å²) in [4.78, 5) is 15.6. The van der Waals surface area contributed by atoms with Gasteiger partial charge in [0.1, 0.15) is 0 Å². The quantitative estimate of drug-likeness (QED) is 0.793. The first-order chi connectivity index (χ1) is 13.1. The van der Waals surface area contributed by atoms with Gasteiger partial charge in [0.15, 0.2) is 0 Å². The molecule has 0 aromatic carbocycles. The Hall–Kier alpha value is -1.36. The molecule has 3 unspecified atom stereocenters. The predicted molar refractivity (Wildman–Crippen MR) is 103 cm³/mol. The second kappa shape index (κ2) is 6.61. The molecule has 5 nitrogen and oxygen atoms in total. The molecule has 0 spiro atoms. The number of ether oxygens (including phenoxy) is 1. The summed E-state index contributed by atoms with van der Waals surface area (Å²) in [5, 5.41) is 4.56. The van der Waals surface area contributed by atoms with Crippen molar-refractivity contribution in [3.05, 3.63) is 18.0 Å². The van der Waals surface area contributed by atoms with Gasteiger partial charge in [0.05, 0.1) is 18.1 Å². The van der Waals surface area contributed by atoms with Crippen LogP contribution in [0, 0.1) is 11.8 Å². The van der Waals surface area contributed by atoms with Gasteiger partial charge < -0.3 is 9.64 Å². The lowest BCUT2D eigenvalue weighted by atomic mass is 9.58. The van der Waals surface area contributed by atoms with Crippen LogP contribution in [-0.2, 0) is 14.9 Å². The Kier molecular flexibility index (Phi) is 4.34. The molecule has 0 radical (unpaired) electrons. The summed E-state index contributed by atoms with van der Waals surface area (Å²) in [6, 6.07) is 2.51. The minimum Gasteiger partial charge on any atom is -0.375 e. The van der Waals surface area contributed by atoms with Crippen molar-refractivity contribution in [1.29, 1.82) is 0 Å². The number of rotatable bonds is 5. The second-order valence-corrected chi connectivity index (χ2v) is 9.61. The monoisotopic (exact) mass is 371 g/mol. The van der Waals surface area contributed by atoms with Gasteiger partial charge in [-0.3, -0.25) is 9.48 Å². The summed E-state index contributed by atoms with van der Waals surface area (Å²) < 4.78 is 8.34. The van der Waals surface area contributed by atoms with E-state index in [1.807, 2.05) is 6.20 Å². The minimum atomic E-state index is 0.0435. The maximum Gasteiger partial charge on any atom is 0.226 e. The van der Waals surface area contributed by atoms with Crippen LogP contribution in [0.15, 0.2) is 12.3 Å². The first kappa shape index (κ1) is 17.7. The molecule has 2 bridgehead atoms. The average molecular weight is 372 g/mol. The maximum absolute atomic E-state index is 13.5. The summed E-state index contributed by atoms with van der Waals surface area (Å²) in [6.07, 6.45) is 12.1. The molecule has 1 amide bonds. The van der Waals surface area contributed by atoms with Crippen molar-refractivity contribution in [3.8, 4) is 0 Å². The molecule has 1 saturated heterocycles. The van der Waals surface area contributed by atoms with E-state index in [0.29, 0.717) is 30.1 Å². The highest BCUT2D eigenvalue weighted by Crippen LogP contribution is 2.64. The zero-order valence-corrected chi connectivity index (χ0v) is 16.8. The lowest BCUT2D eigenvalue weighted by Gasteiger charge is -2.49. The number of aromatic nitrogens is 2. The smallest absolute Gasteiger partial charge is 0.226 e. The third-order valence-corrected chi connectivity index (χ3v) is 7.78. The fourth-order valence-electron chi connectivity index (χ4n) is 6.11. The standard InChI is InChI=1S/C22H33N3O2/c1-15(2)25-19(7-11-23-25)22-10-6-16(14-22)20(22)21(26)24-12-8-18(9-13-24)27-17-4-3-5-17/h7,11,15-18,20H,3-6,8-10,12-14H2,1-2H3. The fraction of sp³-hybridized carbons (Fsp3) is 0.818. The highest BCUT2D eigenvalue weighted by Gasteiger charge is 2.64. The number of piperidine rings is 1. The largest absolute Gasteiger partial charge is 0.375 e. The number of nitrogens with zero attached hydrogens (tertiary/aromatic N) is 3. The van der Waals surface area contributed by atoms with Gasteiger partial charge in [-0.05, 0) is 77.2 Å². The van der Waals surface area contributed by atoms with Gasteiger partial charge in [-0.15, -0.1) is 0 Å². The van der Waals surface area contributed by atoms with Gasteiger partial charge in [-0.1, -0.05) is 0 Å². The second-order valence-electron chi connectivity index (χ2n) is 9.61. The zero-order valence-electron chi connectivity index (χ0n) is 16.8. The van der Waals surface area contributed by atoms with E-state index in [-0.39, 0.29) is 11.3 Å². The van der Waals surface area contributed by atoms with Crippen LogP contribution in [0.1, 0.15) is 76.9 Å². The van der Waals surface area contributed by atoms with E-state index in [1.165, 1.54) is 37.8 Å². The molecular formula is C22H33N3O2. The number of likely N-dealkylation sites (tertiary alicyclic amines) is 1. The van der Waals surface area contributed by atoms with Crippen LogP contribution in [0.3, 0.4) is 0 Å². The van der Waals surface area contributed by atoms with Crippen LogP contribution in [0.2, 0.25) is 0 Å².